The first-order valence-corrected chi connectivity index (χ1v) is 12.9. The van der Waals surface area contributed by atoms with E-state index in [0.29, 0.717) is 39.0 Å². The smallest absolute Gasteiger partial charge is 0.227 e. The Balaban J connectivity index is 1.64. The molecule has 2 aliphatic heterocycles. The predicted octanol–water partition coefficient (Wildman–Crippen LogP) is 3.04. The molecule has 0 saturated carbocycles. The van der Waals surface area contributed by atoms with Crippen LogP contribution in [0.3, 0.4) is 0 Å². The second-order valence-electron chi connectivity index (χ2n) is 9.31. The molecule has 0 aromatic heterocycles. The van der Waals surface area contributed by atoms with Crippen LogP contribution in [0.4, 0.5) is 10.1 Å². The molecule has 6 nitrogen and oxygen atoms in total. The van der Waals surface area contributed by atoms with E-state index >= 15 is 0 Å². The Morgan fingerprint density at radius 2 is 1.77 bits per heavy atom. The molecule has 1 amide bonds. The van der Waals surface area contributed by atoms with Crippen LogP contribution in [0.5, 0.6) is 0 Å². The van der Waals surface area contributed by atoms with Gasteiger partial charge < -0.3 is 14.5 Å². The van der Waals surface area contributed by atoms with Gasteiger partial charge in [0.15, 0.2) is 9.84 Å². The molecule has 2 aliphatic rings. The maximum Gasteiger partial charge on any atom is 0.227 e. The van der Waals surface area contributed by atoms with Crippen LogP contribution in [-0.2, 0) is 25.8 Å². The molecule has 1 aromatic rings. The molecule has 0 unspecified atom stereocenters. The summed E-state index contributed by atoms with van der Waals surface area (Å²) in [5, 5.41) is -0.366. The molecule has 2 atom stereocenters. The summed E-state index contributed by atoms with van der Waals surface area (Å²) in [6, 6.07) is 4.62. The lowest BCUT2D eigenvalue weighted by atomic mass is 9.98. The van der Waals surface area contributed by atoms with Gasteiger partial charge in [-0.1, -0.05) is 6.07 Å². The lowest BCUT2D eigenvalue weighted by Gasteiger charge is -2.38. The molecule has 174 valence electrons. The summed E-state index contributed by atoms with van der Waals surface area (Å²) in [5.74, 6) is -0.00548. The number of rotatable bonds is 6. The van der Waals surface area contributed by atoms with Crippen LogP contribution in [0.1, 0.15) is 46.1 Å². The number of carbonyl (C=O) groups is 1. The van der Waals surface area contributed by atoms with E-state index in [1.165, 1.54) is 12.1 Å². The molecule has 3 rings (SSSR count). The molecule has 2 heterocycles. The molecule has 0 spiro atoms. The fourth-order valence-corrected chi connectivity index (χ4v) is 5.88. The van der Waals surface area contributed by atoms with Crippen LogP contribution in [0.15, 0.2) is 18.2 Å². The van der Waals surface area contributed by atoms with Crippen molar-refractivity contribution in [2.24, 2.45) is 5.92 Å². The lowest BCUT2D eigenvalue weighted by molar-refractivity contribution is -0.131. The Labute approximate surface area is 185 Å². The number of carbonyl (C=O) groups excluding carboxylic acids is 1. The third kappa shape index (κ3) is 6.19. The van der Waals surface area contributed by atoms with Crippen LogP contribution in [0.25, 0.3) is 0 Å². The van der Waals surface area contributed by atoms with Crippen molar-refractivity contribution in [3.05, 3.63) is 29.6 Å². The second-order valence-corrected chi connectivity index (χ2v) is 11.9. The zero-order valence-corrected chi connectivity index (χ0v) is 19.8. The highest BCUT2D eigenvalue weighted by Crippen LogP contribution is 2.27. The first kappa shape index (κ1) is 24.0. The number of hydrogen-bond donors (Lipinski definition) is 0. The van der Waals surface area contributed by atoms with Crippen LogP contribution < -0.4 is 4.90 Å². The van der Waals surface area contributed by atoms with Crippen molar-refractivity contribution in [2.45, 2.75) is 64.4 Å². The van der Waals surface area contributed by atoms with Crippen molar-refractivity contribution >= 4 is 21.4 Å². The Morgan fingerprint density at radius 1 is 1.16 bits per heavy atom. The number of benzene rings is 1. The third-order valence-electron chi connectivity index (χ3n) is 6.30. The van der Waals surface area contributed by atoms with E-state index in [0.717, 1.165) is 11.3 Å². The molecule has 1 aromatic carbocycles. The van der Waals surface area contributed by atoms with E-state index in [1.807, 2.05) is 18.7 Å². The topological polar surface area (TPSA) is 66.9 Å². The molecule has 0 aliphatic carbocycles. The minimum atomic E-state index is -3.07. The molecule has 8 heteroatoms. The van der Waals surface area contributed by atoms with Gasteiger partial charge in [-0.2, -0.15) is 0 Å². The normalized spacial score (nSPS) is 23.4. The first-order chi connectivity index (χ1) is 14.5. The van der Waals surface area contributed by atoms with Crippen LogP contribution in [0.2, 0.25) is 0 Å². The highest BCUT2D eigenvalue weighted by molar-refractivity contribution is 7.91. The molecule has 0 radical (unpaired) electrons. The van der Waals surface area contributed by atoms with Crippen molar-refractivity contribution in [3.8, 4) is 0 Å². The minimum absolute atomic E-state index is 0.00683. The zero-order valence-electron chi connectivity index (χ0n) is 19.0. The van der Waals surface area contributed by atoms with Gasteiger partial charge in [-0.25, -0.2) is 12.8 Å². The average Bonchev–Trinajstić information content (AvgIpc) is 2.68. The number of halogens is 1. The summed E-state index contributed by atoms with van der Waals surface area (Å²) in [7, 11) is -3.07. The summed E-state index contributed by atoms with van der Waals surface area (Å²) >= 11 is 0. The van der Waals surface area contributed by atoms with Crippen molar-refractivity contribution in [1.29, 1.82) is 0 Å². The summed E-state index contributed by atoms with van der Waals surface area (Å²) in [6.07, 6.45) is 1.69. The van der Waals surface area contributed by atoms with Gasteiger partial charge in [-0.15, -0.1) is 0 Å². The largest absolute Gasteiger partial charge is 0.372 e. The number of likely N-dealkylation sites (tertiary alicyclic amines) is 1. The Hall–Kier alpha value is -1.67. The van der Waals surface area contributed by atoms with Crippen molar-refractivity contribution in [2.75, 3.05) is 36.8 Å². The van der Waals surface area contributed by atoms with Gasteiger partial charge in [0.05, 0.1) is 29.6 Å². The zero-order chi connectivity index (χ0) is 22.8. The molecule has 31 heavy (non-hydrogen) atoms. The highest BCUT2D eigenvalue weighted by Gasteiger charge is 2.29. The fraction of sp³-hybridized carbons (Fsp3) is 0.696. The van der Waals surface area contributed by atoms with Crippen LogP contribution >= 0.6 is 0 Å². The standard InChI is InChI=1S/C23H35FN2O4S/c1-16(2)31(28,29)15-19-7-9-25(10-8-19)23(27)11-20-5-6-21(24)12-22(20)26-13-17(3)30-18(4)14-26/h5-6,12,16-19H,7-11,13-15H2,1-4H3/t17-,18+. The summed E-state index contributed by atoms with van der Waals surface area (Å²) in [4.78, 5) is 16.9. The minimum Gasteiger partial charge on any atom is -0.372 e. The first-order valence-electron chi connectivity index (χ1n) is 11.2. The number of morpholine rings is 1. The Bertz CT molecular complexity index is 872. The Morgan fingerprint density at radius 3 is 2.35 bits per heavy atom. The van der Waals surface area contributed by atoms with Crippen molar-refractivity contribution < 1.29 is 22.3 Å². The predicted molar refractivity (Wildman–Crippen MR) is 121 cm³/mol. The van der Waals surface area contributed by atoms with Crippen LogP contribution in [0, 0.1) is 11.7 Å². The number of anilines is 1. The van der Waals surface area contributed by atoms with E-state index in [2.05, 4.69) is 4.90 Å². The van der Waals surface area contributed by atoms with E-state index in [4.69, 9.17) is 4.74 Å². The maximum absolute atomic E-state index is 14.0. The highest BCUT2D eigenvalue weighted by atomic mass is 32.2. The number of ether oxygens (including phenoxy) is 1. The molecular formula is C23H35FN2O4S. The number of hydrogen-bond acceptors (Lipinski definition) is 5. The van der Waals surface area contributed by atoms with E-state index < -0.39 is 9.84 Å². The quantitative estimate of drug-likeness (QED) is 0.661. The summed E-state index contributed by atoms with van der Waals surface area (Å²) in [6.45, 7) is 9.87. The van der Waals surface area contributed by atoms with E-state index in [9.17, 15) is 17.6 Å². The Kier molecular flexibility index (Phi) is 7.63. The monoisotopic (exact) mass is 454 g/mol. The number of piperidine rings is 1. The van der Waals surface area contributed by atoms with Gasteiger partial charge >= 0.3 is 0 Å². The summed E-state index contributed by atoms with van der Waals surface area (Å²) < 4.78 is 44.2. The lowest BCUT2D eigenvalue weighted by Crippen LogP contribution is -2.46. The second kappa shape index (κ2) is 9.86. The van der Waals surface area contributed by atoms with Gasteiger partial charge in [0.1, 0.15) is 5.82 Å². The number of amides is 1. The van der Waals surface area contributed by atoms with Crippen molar-refractivity contribution in [1.82, 2.24) is 4.90 Å². The van der Waals surface area contributed by atoms with Gasteiger partial charge in [-0.05, 0) is 64.2 Å². The number of nitrogens with zero attached hydrogens (tertiary/aromatic N) is 2. The fourth-order valence-electron chi connectivity index (χ4n) is 4.50. The molecule has 2 saturated heterocycles. The van der Waals surface area contributed by atoms with Gasteiger partial charge in [0.25, 0.3) is 0 Å². The van der Waals surface area contributed by atoms with Crippen LogP contribution in [-0.4, -0.2) is 68.6 Å². The number of sulfone groups is 1. The van der Waals surface area contributed by atoms with Crippen molar-refractivity contribution in [3.63, 3.8) is 0 Å². The molecule has 2 fully saturated rings. The summed E-state index contributed by atoms with van der Waals surface area (Å²) in [5.41, 5.74) is 1.57. The average molecular weight is 455 g/mol. The molecule has 0 bridgehead atoms. The third-order valence-corrected chi connectivity index (χ3v) is 8.68. The van der Waals surface area contributed by atoms with Gasteiger partial charge in [0, 0.05) is 31.9 Å². The van der Waals surface area contributed by atoms with Gasteiger partial charge in [0.2, 0.25) is 5.91 Å². The maximum atomic E-state index is 14.0. The van der Waals surface area contributed by atoms with E-state index in [-0.39, 0.29) is 47.3 Å². The molecule has 0 N–H and O–H groups in total. The van der Waals surface area contributed by atoms with E-state index in [1.54, 1.807) is 19.9 Å². The molecular weight excluding hydrogens is 419 g/mol. The SMILES string of the molecule is CC(C)S(=O)(=O)CC1CCN(C(=O)Cc2ccc(F)cc2N2C[C@@H](C)O[C@@H](C)C2)CC1. The van der Waals surface area contributed by atoms with Gasteiger partial charge in [-0.3, -0.25) is 4.79 Å².